The fourth-order valence-corrected chi connectivity index (χ4v) is 5.10. The van der Waals surface area contributed by atoms with Crippen molar-refractivity contribution in [3.05, 3.63) is 58.4 Å². The molecule has 1 aromatic carbocycles. The predicted molar refractivity (Wildman–Crippen MR) is 132 cm³/mol. The lowest BCUT2D eigenvalue weighted by Crippen LogP contribution is -2.32. The molecule has 34 heavy (non-hydrogen) atoms. The number of carbonyl (C=O) groups is 1. The molecule has 6 rings (SSSR count). The Morgan fingerprint density at radius 1 is 1.18 bits per heavy atom. The van der Waals surface area contributed by atoms with Gasteiger partial charge in [-0.25, -0.2) is 9.67 Å². The maximum absolute atomic E-state index is 14.0. The van der Waals surface area contributed by atoms with Gasteiger partial charge < -0.3 is 14.4 Å². The molecule has 0 spiro atoms. The van der Waals surface area contributed by atoms with Gasteiger partial charge in [-0.05, 0) is 62.4 Å². The Bertz CT molecular complexity index is 1360. The smallest absolute Gasteiger partial charge is 0.255 e. The Morgan fingerprint density at radius 2 is 2.00 bits per heavy atom. The molecule has 0 radical (unpaired) electrons. The van der Waals surface area contributed by atoms with E-state index in [1.54, 1.807) is 17.5 Å². The van der Waals surface area contributed by atoms with Crippen molar-refractivity contribution in [1.29, 1.82) is 0 Å². The van der Waals surface area contributed by atoms with Gasteiger partial charge in [-0.3, -0.25) is 4.79 Å². The number of hydrogen-bond acceptors (Lipinski definition) is 6. The summed E-state index contributed by atoms with van der Waals surface area (Å²) in [5.74, 6) is 1.47. The number of carbonyl (C=O) groups excluding carboxylic acids is 1. The average molecular weight is 475 g/mol. The Labute approximate surface area is 201 Å². The maximum atomic E-state index is 14.0. The Balaban J connectivity index is 1.47. The first-order valence-electron chi connectivity index (χ1n) is 11.7. The molecule has 4 heterocycles. The number of thiophene rings is 1. The van der Waals surface area contributed by atoms with Crippen LogP contribution in [-0.4, -0.2) is 44.8 Å². The van der Waals surface area contributed by atoms with Crippen LogP contribution in [0.1, 0.15) is 48.0 Å². The summed E-state index contributed by atoms with van der Waals surface area (Å²) < 4.78 is 13.4. The topological polar surface area (TPSA) is 69.5 Å². The molecular formula is C26H26N4O3S. The van der Waals surface area contributed by atoms with Crippen LogP contribution in [0.25, 0.3) is 22.3 Å². The van der Waals surface area contributed by atoms with Crippen LogP contribution in [0.15, 0.2) is 48.0 Å². The van der Waals surface area contributed by atoms with E-state index in [0.717, 1.165) is 40.9 Å². The van der Waals surface area contributed by atoms with Crippen LogP contribution in [-0.2, 0) is 6.54 Å². The van der Waals surface area contributed by atoms with Gasteiger partial charge in [0.1, 0.15) is 13.2 Å². The fourth-order valence-electron chi connectivity index (χ4n) is 4.40. The molecule has 2 aliphatic rings. The van der Waals surface area contributed by atoms with E-state index < -0.39 is 0 Å². The van der Waals surface area contributed by atoms with Gasteiger partial charge in [0.05, 0.1) is 29.4 Å². The summed E-state index contributed by atoms with van der Waals surface area (Å²) >= 11 is 1.69. The standard InChI is InChI=1S/C26H26N4O3S/c1-16(2)30-25-21(14-27-30)20(26(31)29(18-6-7-18)15-19-4-3-11-34-19)13-22(28-25)17-5-8-23-24(12-17)33-10-9-32-23/h3-5,8,11-14,16,18H,6-7,9-10,15H2,1-2H3. The van der Waals surface area contributed by atoms with E-state index in [2.05, 4.69) is 30.4 Å². The van der Waals surface area contributed by atoms with Crippen LogP contribution in [0.2, 0.25) is 0 Å². The molecule has 0 bridgehead atoms. The summed E-state index contributed by atoms with van der Waals surface area (Å²) in [5.41, 5.74) is 2.97. The Hall–Kier alpha value is -3.39. The van der Waals surface area contributed by atoms with Gasteiger partial charge >= 0.3 is 0 Å². The van der Waals surface area contributed by atoms with E-state index in [0.29, 0.717) is 31.1 Å². The highest BCUT2D eigenvalue weighted by Crippen LogP contribution is 2.37. The van der Waals surface area contributed by atoms with Gasteiger partial charge in [0, 0.05) is 22.5 Å². The quantitative estimate of drug-likeness (QED) is 0.378. The molecule has 4 aromatic rings. The highest BCUT2D eigenvalue weighted by Gasteiger charge is 2.34. The van der Waals surface area contributed by atoms with Crippen LogP contribution in [0, 0.1) is 0 Å². The summed E-state index contributed by atoms with van der Waals surface area (Å²) in [4.78, 5) is 22.1. The number of amides is 1. The second kappa shape index (κ2) is 8.43. The number of hydrogen-bond donors (Lipinski definition) is 0. The molecule has 0 saturated heterocycles. The fraction of sp³-hybridized carbons (Fsp3) is 0.346. The first-order valence-corrected chi connectivity index (χ1v) is 12.6. The average Bonchev–Trinajstić information content (AvgIpc) is 3.38. The molecule has 1 fully saturated rings. The van der Waals surface area contributed by atoms with Gasteiger partial charge in [-0.1, -0.05) is 6.07 Å². The molecule has 0 N–H and O–H groups in total. The van der Waals surface area contributed by atoms with E-state index >= 15 is 0 Å². The normalized spacial score (nSPS) is 15.1. The number of pyridine rings is 1. The first kappa shape index (κ1) is 21.2. The van der Waals surface area contributed by atoms with E-state index in [1.165, 1.54) is 4.88 Å². The van der Waals surface area contributed by atoms with Crippen molar-refractivity contribution in [3.8, 4) is 22.8 Å². The minimum atomic E-state index is 0.0328. The van der Waals surface area contributed by atoms with Crippen molar-refractivity contribution in [2.75, 3.05) is 13.2 Å². The van der Waals surface area contributed by atoms with Crippen molar-refractivity contribution >= 4 is 28.3 Å². The molecule has 0 unspecified atom stereocenters. The van der Waals surface area contributed by atoms with E-state index in [4.69, 9.17) is 14.5 Å². The zero-order chi connectivity index (χ0) is 23.2. The molecule has 8 heteroatoms. The molecule has 0 atom stereocenters. The maximum Gasteiger partial charge on any atom is 0.255 e. The monoisotopic (exact) mass is 474 g/mol. The zero-order valence-electron chi connectivity index (χ0n) is 19.2. The molecule has 1 saturated carbocycles. The van der Waals surface area contributed by atoms with Gasteiger partial charge in [0.15, 0.2) is 17.1 Å². The SMILES string of the molecule is CC(C)n1ncc2c(C(=O)N(Cc3cccs3)C3CC3)cc(-c3ccc4c(c3)OCCO4)nc21. The minimum Gasteiger partial charge on any atom is -0.486 e. The second-order valence-electron chi connectivity index (χ2n) is 9.08. The van der Waals surface area contributed by atoms with Crippen molar-refractivity contribution in [2.45, 2.75) is 45.3 Å². The van der Waals surface area contributed by atoms with Crippen LogP contribution in [0.3, 0.4) is 0 Å². The van der Waals surface area contributed by atoms with Gasteiger partial charge in [0.2, 0.25) is 0 Å². The number of nitrogens with zero attached hydrogens (tertiary/aromatic N) is 4. The van der Waals surface area contributed by atoms with Crippen LogP contribution in [0.4, 0.5) is 0 Å². The van der Waals surface area contributed by atoms with Crippen LogP contribution in [0.5, 0.6) is 11.5 Å². The first-order chi connectivity index (χ1) is 16.6. The molecule has 1 aliphatic heterocycles. The predicted octanol–water partition coefficient (Wildman–Crippen LogP) is 5.32. The number of ether oxygens (including phenoxy) is 2. The van der Waals surface area contributed by atoms with E-state index in [-0.39, 0.29) is 18.0 Å². The largest absolute Gasteiger partial charge is 0.486 e. The highest BCUT2D eigenvalue weighted by molar-refractivity contribution is 7.09. The summed E-state index contributed by atoms with van der Waals surface area (Å²) in [5, 5.41) is 7.43. The Kier molecular flexibility index (Phi) is 5.25. The molecular weight excluding hydrogens is 448 g/mol. The molecule has 7 nitrogen and oxygen atoms in total. The molecule has 3 aromatic heterocycles. The van der Waals surface area contributed by atoms with Crippen molar-refractivity contribution < 1.29 is 14.3 Å². The molecule has 1 amide bonds. The van der Waals surface area contributed by atoms with Crippen molar-refractivity contribution in [1.82, 2.24) is 19.7 Å². The number of rotatable bonds is 6. The molecule has 1 aliphatic carbocycles. The number of aromatic nitrogens is 3. The van der Waals surface area contributed by atoms with Crippen molar-refractivity contribution in [3.63, 3.8) is 0 Å². The molecule has 174 valence electrons. The third kappa shape index (κ3) is 3.81. The number of benzene rings is 1. The minimum absolute atomic E-state index is 0.0328. The summed E-state index contributed by atoms with van der Waals surface area (Å²) in [6.45, 7) is 5.83. The highest BCUT2D eigenvalue weighted by atomic mass is 32.1. The number of fused-ring (bicyclic) bond motifs is 2. The summed E-state index contributed by atoms with van der Waals surface area (Å²) in [6.07, 6.45) is 3.87. The lowest BCUT2D eigenvalue weighted by atomic mass is 10.0. The zero-order valence-corrected chi connectivity index (χ0v) is 20.0. The van der Waals surface area contributed by atoms with Gasteiger partial charge in [-0.15, -0.1) is 11.3 Å². The third-order valence-corrected chi connectivity index (χ3v) is 7.14. The van der Waals surface area contributed by atoms with Crippen LogP contribution >= 0.6 is 11.3 Å². The Morgan fingerprint density at radius 3 is 2.74 bits per heavy atom. The van der Waals surface area contributed by atoms with E-state index in [1.807, 2.05) is 39.9 Å². The van der Waals surface area contributed by atoms with Crippen molar-refractivity contribution in [2.24, 2.45) is 0 Å². The van der Waals surface area contributed by atoms with Crippen LogP contribution < -0.4 is 9.47 Å². The van der Waals surface area contributed by atoms with Gasteiger partial charge in [-0.2, -0.15) is 5.10 Å². The lowest BCUT2D eigenvalue weighted by Gasteiger charge is -2.23. The summed E-state index contributed by atoms with van der Waals surface area (Å²) in [6, 6.07) is 12.3. The second-order valence-corrected chi connectivity index (χ2v) is 10.1. The van der Waals surface area contributed by atoms with E-state index in [9.17, 15) is 4.79 Å². The third-order valence-electron chi connectivity index (χ3n) is 6.28. The summed E-state index contributed by atoms with van der Waals surface area (Å²) in [7, 11) is 0. The lowest BCUT2D eigenvalue weighted by molar-refractivity contribution is 0.0733. The van der Waals surface area contributed by atoms with Gasteiger partial charge in [0.25, 0.3) is 5.91 Å².